The average molecular weight is 351 g/mol. The summed E-state index contributed by atoms with van der Waals surface area (Å²) in [4.78, 5) is 24.1. The summed E-state index contributed by atoms with van der Waals surface area (Å²) in [7, 11) is 0. The van der Waals surface area contributed by atoms with Crippen LogP contribution in [0.1, 0.15) is 29.2 Å². The maximum absolute atomic E-state index is 12.6. The van der Waals surface area contributed by atoms with E-state index in [0.717, 1.165) is 10.9 Å². The molecular formula is C18H17N5OS. The summed E-state index contributed by atoms with van der Waals surface area (Å²) in [5.41, 5.74) is 2.19. The lowest BCUT2D eigenvalue weighted by molar-refractivity contribution is 0.104. The molecule has 4 rings (SSSR count). The smallest absolute Gasteiger partial charge is 0.223 e. The molecule has 0 atom stereocenters. The predicted octanol–water partition coefficient (Wildman–Crippen LogP) is 4.22. The zero-order valence-corrected chi connectivity index (χ0v) is 14.7. The highest BCUT2D eigenvalue weighted by Crippen LogP contribution is 2.24. The van der Waals surface area contributed by atoms with Crippen molar-refractivity contribution in [1.82, 2.24) is 25.1 Å². The zero-order chi connectivity index (χ0) is 17.6. The van der Waals surface area contributed by atoms with Gasteiger partial charge < -0.3 is 4.98 Å². The van der Waals surface area contributed by atoms with Crippen molar-refractivity contribution in [2.75, 3.05) is 0 Å². The quantitative estimate of drug-likeness (QED) is 0.427. The van der Waals surface area contributed by atoms with Gasteiger partial charge in [0.05, 0.1) is 5.56 Å². The van der Waals surface area contributed by atoms with Gasteiger partial charge in [0.15, 0.2) is 10.8 Å². The Morgan fingerprint density at radius 1 is 1.20 bits per heavy atom. The number of aromatic nitrogens is 5. The number of fused-ring (bicyclic) bond motifs is 1. The minimum atomic E-state index is -0.0942. The van der Waals surface area contributed by atoms with Crippen LogP contribution < -0.4 is 0 Å². The van der Waals surface area contributed by atoms with E-state index in [2.05, 4.69) is 25.1 Å². The lowest BCUT2D eigenvalue weighted by Crippen LogP contribution is -1.99. The van der Waals surface area contributed by atoms with Gasteiger partial charge in [0.25, 0.3) is 0 Å². The molecule has 0 aliphatic carbocycles. The number of thiazole rings is 1. The Bertz CT molecular complexity index is 994. The van der Waals surface area contributed by atoms with E-state index >= 15 is 0 Å². The van der Waals surface area contributed by atoms with Gasteiger partial charge in [-0.3, -0.25) is 9.89 Å². The Morgan fingerprint density at radius 3 is 2.72 bits per heavy atom. The number of nitrogens with zero attached hydrogens (tertiary/aromatic N) is 3. The van der Waals surface area contributed by atoms with E-state index in [9.17, 15) is 4.79 Å². The zero-order valence-electron chi connectivity index (χ0n) is 13.9. The number of carbonyl (C=O) groups excluding carboxylic acids is 1. The molecule has 0 bridgehead atoms. The molecule has 0 amide bonds. The third-order valence-corrected chi connectivity index (χ3v) is 4.36. The fourth-order valence-electron chi connectivity index (χ4n) is 2.19. The maximum atomic E-state index is 12.6. The molecule has 0 spiro atoms. The number of para-hydroxylation sites is 1. The molecule has 3 aromatic heterocycles. The Labute approximate surface area is 148 Å². The number of allylic oxidation sites excluding steroid dienone is 2. The van der Waals surface area contributed by atoms with Crippen molar-refractivity contribution in [3.63, 3.8) is 0 Å². The molecule has 126 valence electrons. The van der Waals surface area contributed by atoms with Crippen LogP contribution in [0.5, 0.6) is 0 Å². The summed E-state index contributed by atoms with van der Waals surface area (Å²) in [5.74, 6) is 0.465. The van der Waals surface area contributed by atoms with Crippen LogP contribution in [0, 0.1) is 0 Å². The number of hydrogen-bond acceptors (Lipinski definition) is 5. The van der Waals surface area contributed by atoms with Crippen LogP contribution in [0.2, 0.25) is 0 Å². The summed E-state index contributed by atoms with van der Waals surface area (Å²) in [6, 6.07) is 7.70. The largest absolute Gasteiger partial charge is 0.360 e. The van der Waals surface area contributed by atoms with Crippen molar-refractivity contribution in [3.8, 4) is 11.5 Å². The second-order valence-corrected chi connectivity index (χ2v) is 5.97. The van der Waals surface area contributed by atoms with Gasteiger partial charge >= 0.3 is 0 Å². The van der Waals surface area contributed by atoms with Crippen molar-refractivity contribution in [2.24, 2.45) is 0 Å². The van der Waals surface area contributed by atoms with Crippen molar-refractivity contribution in [1.29, 1.82) is 0 Å². The van der Waals surface area contributed by atoms with Crippen LogP contribution in [0.4, 0.5) is 0 Å². The molecule has 3 heterocycles. The molecule has 1 aromatic carbocycles. The summed E-state index contributed by atoms with van der Waals surface area (Å²) >= 11 is 1.30. The molecule has 0 aliphatic rings. The minimum Gasteiger partial charge on any atom is -0.360 e. The fraction of sp³-hybridized carbons (Fsp3) is 0.111. The highest BCUT2D eigenvalue weighted by Gasteiger charge is 2.18. The van der Waals surface area contributed by atoms with Gasteiger partial charge in [0.1, 0.15) is 12.0 Å². The van der Waals surface area contributed by atoms with Gasteiger partial charge in [0, 0.05) is 22.5 Å². The molecule has 0 radical (unpaired) electrons. The number of H-pyrrole nitrogens is 2. The van der Waals surface area contributed by atoms with Crippen LogP contribution in [0.15, 0.2) is 54.3 Å². The van der Waals surface area contributed by atoms with Crippen molar-refractivity contribution >= 4 is 28.0 Å². The van der Waals surface area contributed by atoms with E-state index in [1.165, 1.54) is 17.7 Å². The lowest BCUT2D eigenvalue weighted by Gasteiger charge is -1.94. The fourth-order valence-corrected chi connectivity index (χ4v) is 2.95. The van der Waals surface area contributed by atoms with Crippen molar-refractivity contribution in [2.45, 2.75) is 13.8 Å². The molecule has 2 N–H and O–H groups in total. The van der Waals surface area contributed by atoms with Crippen LogP contribution >= 0.6 is 11.3 Å². The van der Waals surface area contributed by atoms with Gasteiger partial charge in [-0.25, -0.2) is 9.97 Å². The number of ketones is 1. The second kappa shape index (κ2) is 7.67. The molecule has 0 saturated heterocycles. The minimum absolute atomic E-state index is 0.0942. The first-order valence-electron chi connectivity index (χ1n) is 7.74. The third-order valence-electron chi connectivity index (χ3n) is 3.52. The first-order valence-corrected chi connectivity index (χ1v) is 8.62. The molecule has 6 nitrogen and oxygen atoms in total. The van der Waals surface area contributed by atoms with E-state index in [0.29, 0.717) is 22.1 Å². The number of rotatable bonds is 3. The maximum Gasteiger partial charge on any atom is 0.223 e. The van der Waals surface area contributed by atoms with E-state index in [1.54, 1.807) is 11.6 Å². The first-order chi connectivity index (χ1) is 12.2. The van der Waals surface area contributed by atoms with E-state index in [1.807, 2.05) is 50.3 Å². The second-order valence-electron chi connectivity index (χ2n) is 5.12. The standard InChI is InChI=1S/C14H9N5OS.C4H8/c20-12(9-5-15-10-4-2-1-3-8(9)10)14-18-11(6-21-14)13-16-7-17-19-13;1-3-4-2/h1-7,15H,(H,16,17,19);3-4H,1-2H3/b;4-3-. The molecule has 7 heteroatoms. The SMILES string of the molecule is C/C=C\C.O=C(c1nc(-c2ncn[nH]2)cs1)c1c[nH]c2ccccc12. The van der Waals surface area contributed by atoms with Crippen LogP contribution in [0.3, 0.4) is 0 Å². The van der Waals surface area contributed by atoms with Gasteiger partial charge in [-0.2, -0.15) is 5.10 Å². The highest BCUT2D eigenvalue weighted by molar-refractivity contribution is 7.12. The van der Waals surface area contributed by atoms with Crippen LogP contribution in [-0.2, 0) is 0 Å². The molecule has 0 aliphatic heterocycles. The van der Waals surface area contributed by atoms with E-state index < -0.39 is 0 Å². The predicted molar refractivity (Wildman–Crippen MR) is 99.7 cm³/mol. The molecule has 0 unspecified atom stereocenters. The summed E-state index contributed by atoms with van der Waals surface area (Å²) in [6.45, 7) is 4.00. The monoisotopic (exact) mass is 351 g/mol. The van der Waals surface area contributed by atoms with E-state index in [-0.39, 0.29) is 5.78 Å². The topological polar surface area (TPSA) is 87.3 Å². The van der Waals surface area contributed by atoms with E-state index in [4.69, 9.17) is 0 Å². The Balaban J connectivity index is 0.000000415. The van der Waals surface area contributed by atoms with Crippen LogP contribution in [-0.4, -0.2) is 30.9 Å². The van der Waals surface area contributed by atoms with Crippen molar-refractivity contribution in [3.05, 3.63) is 64.9 Å². The molecule has 4 aromatic rings. The summed E-state index contributed by atoms with van der Waals surface area (Å²) in [5, 5.41) is 9.65. The number of hydrogen-bond donors (Lipinski definition) is 2. The average Bonchev–Trinajstić information content (AvgIpc) is 3.41. The lowest BCUT2D eigenvalue weighted by atomic mass is 10.1. The Kier molecular flexibility index (Phi) is 5.15. The van der Waals surface area contributed by atoms with Gasteiger partial charge in [0.2, 0.25) is 5.78 Å². The Morgan fingerprint density at radius 2 is 2.00 bits per heavy atom. The number of benzene rings is 1. The third kappa shape index (κ3) is 3.56. The van der Waals surface area contributed by atoms with Gasteiger partial charge in [-0.05, 0) is 19.9 Å². The van der Waals surface area contributed by atoms with Gasteiger partial charge in [-0.1, -0.05) is 30.4 Å². The molecule has 0 saturated carbocycles. The number of aromatic amines is 2. The van der Waals surface area contributed by atoms with Crippen molar-refractivity contribution < 1.29 is 4.79 Å². The van der Waals surface area contributed by atoms with Crippen LogP contribution in [0.25, 0.3) is 22.4 Å². The number of carbonyl (C=O) groups is 1. The highest BCUT2D eigenvalue weighted by atomic mass is 32.1. The summed E-state index contributed by atoms with van der Waals surface area (Å²) in [6.07, 6.45) is 7.14. The number of nitrogens with one attached hydrogen (secondary N) is 2. The summed E-state index contributed by atoms with van der Waals surface area (Å²) < 4.78 is 0. The van der Waals surface area contributed by atoms with Gasteiger partial charge in [-0.15, -0.1) is 11.3 Å². The Hall–Kier alpha value is -3.06. The first kappa shape index (κ1) is 16.8. The molecule has 25 heavy (non-hydrogen) atoms. The molecular weight excluding hydrogens is 334 g/mol. The molecule has 0 fully saturated rings. The normalized spacial score (nSPS) is 10.8.